The van der Waals surface area contributed by atoms with Crippen molar-refractivity contribution in [2.24, 2.45) is 0 Å². The van der Waals surface area contributed by atoms with Crippen LogP contribution in [0.1, 0.15) is 35.5 Å². The number of carbonyl (C=O) groups excluding carboxylic acids is 1. The number of nitrogens with zero attached hydrogens (tertiary/aromatic N) is 1. The van der Waals surface area contributed by atoms with Gasteiger partial charge < -0.3 is 9.84 Å². The summed E-state index contributed by atoms with van der Waals surface area (Å²) in [6.07, 6.45) is 1.43. The molecule has 0 spiro atoms. The van der Waals surface area contributed by atoms with Crippen LogP contribution in [0.25, 0.3) is 0 Å². The molecule has 1 rings (SSSR count). The first-order valence-electron chi connectivity index (χ1n) is 4.41. The Morgan fingerprint density at radius 2 is 2.43 bits per heavy atom. The number of esters is 1. The summed E-state index contributed by atoms with van der Waals surface area (Å²) in [4.78, 5) is 15.1. The first-order valence-corrected chi connectivity index (χ1v) is 4.41. The lowest BCUT2D eigenvalue weighted by Crippen LogP contribution is -2.05. The van der Waals surface area contributed by atoms with Crippen molar-refractivity contribution in [1.29, 1.82) is 0 Å². The van der Waals surface area contributed by atoms with E-state index >= 15 is 0 Å². The topological polar surface area (TPSA) is 59.4 Å². The lowest BCUT2D eigenvalue weighted by molar-refractivity contribution is 0.0600. The Morgan fingerprint density at radius 1 is 1.71 bits per heavy atom. The van der Waals surface area contributed by atoms with Crippen molar-refractivity contribution in [2.45, 2.75) is 19.4 Å². The zero-order chi connectivity index (χ0) is 10.6. The predicted molar refractivity (Wildman–Crippen MR) is 50.8 cm³/mol. The molecule has 0 bridgehead atoms. The van der Waals surface area contributed by atoms with Gasteiger partial charge in [-0.15, -0.1) is 0 Å². The third kappa shape index (κ3) is 2.29. The van der Waals surface area contributed by atoms with Crippen molar-refractivity contribution in [1.82, 2.24) is 4.98 Å². The highest BCUT2D eigenvalue weighted by molar-refractivity contribution is 5.89. The number of pyridine rings is 1. The van der Waals surface area contributed by atoms with Crippen LogP contribution < -0.4 is 0 Å². The lowest BCUT2D eigenvalue weighted by Gasteiger charge is -2.07. The van der Waals surface area contributed by atoms with Crippen LogP contribution in [0, 0.1) is 0 Å². The Bertz CT molecular complexity index is 325. The molecule has 1 N–H and O–H groups in total. The van der Waals surface area contributed by atoms with Crippen LogP contribution in [0.3, 0.4) is 0 Å². The van der Waals surface area contributed by atoms with Crippen molar-refractivity contribution < 1.29 is 14.6 Å². The van der Waals surface area contributed by atoms with Crippen LogP contribution in [0.4, 0.5) is 0 Å². The number of methoxy groups -OCH3 is 1. The van der Waals surface area contributed by atoms with E-state index in [1.807, 2.05) is 6.92 Å². The fourth-order valence-electron chi connectivity index (χ4n) is 1.08. The minimum Gasteiger partial charge on any atom is -0.465 e. The number of carbonyl (C=O) groups is 1. The summed E-state index contributed by atoms with van der Waals surface area (Å²) in [5.41, 5.74) is 0.903. The Labute approximate surface area is 82.5 Å². The number of rotatable bonds is 3. The number of aliphatic hydroxyl groups is 1. The van der Waals surface area contributed by atoms with Gasteiger partial charge in [-0.1, -0.05) is 6.92 Å². The van der Waals surface area contributed by atoms with Gasteiger partial charge in [0.1, 0.15) is 0 Å². The molecule has 0 aliphatic rings. The Balaban J connectivity index is 2.95. The summed E-state index contributed by atoms with van der Waals surface area (Å²) in [7, 11) is 1.32. The van der Waals surface area contributed by atoms with Crippen LogP contribution in [0.2, 0.25) is 0 Å². The van der Waals surface area contributed by atoms with Crippen molar-refractivity contribution >= 4 is 5.97 Å². The molecule has 0 fully saturated rings. The largest absolute Gasteiger partial charge is 0.465 e. The van der Waals surface area contributed by atoms with E-state index in [1.54, 1.807) is 12.1 Å². The summed E-state index contributed by atoms with van der Waals surface area (Å²) in [6, 6.07) is 3.09. The molecular formula is C10H13NO3. The molecule has 0 saturated heterocycles. The molecule has 0 amide bonds. The second-order valence-corrected chi connectivity index (χ2v) is 2.89. The molecule has 4 heteroatoms. The SMILES string of the molecule is CCC(O)c1cc(C(=O)OC)ccn1. The molecule has 1 atom stereocenters. The van der Waals surface area contributed by atoms with Gasteiger partial charge in [-0.2, -0.15) is 0 Å². The Morgan fingerprint density at radius 3 is 3.00 bits per heavy atom. The van der Waals surface area contributed by atoms with Crippen molar-refractivity contribution in [3.8, 4) is 0 Å². The number of aromatic nitrogens is 1. The van der Waals surface area contributed by atoms with Gasteiger partial charge in [-0.05, 0) is 18.6 Å². The first kappa shape index (κ1) is 10.7. The maximum atomic E-state index is 11.1. The Hall–Kier alpha value is -1.42. The number of hydrogen-bond acceptors (Lipinski definition) is 4. The second-order valence-electron chi connectivity index (χ2n) is 2.89. The molecule has 1 aromatic heterocycles. The Kier molecular flexibility index (Phi) is 3.59. The molecular weight excluding hydrogens is 182 g/mol. The van der Waals surface area contributed by atoms with Crippen LogP contribution in [0.15, 0.2) is 18.3 Å². The van der Waals surface area contributed by atoms with E-state index in [4.69, 9.17) is 0 Å². The quantitative estimate of drug-likeness (QED) is 0.739. The van der Waals surface area contributed by atoms with Crippen LogP contribution in [0.5, 0.6) is 0 Å². The van der Waals surface area contributed by atoms with E-state index in [9.17, 15) is 9.90 Å². The summed E-state index contributed by atoms with van der Waals surface area (Å²) in [5, 5.41) is 9.49. The lowest BCUT2D eigenvalue weighted by atomic mass is 10.1. The minimum absolute atomic E-state index is 0.407. The normalized spacial score (nSPS) is 12.2. The minimum atomic E-state index is -0.625. The van der Waals surface area contributed by atoms with E-state index in [2.05, 4.69) is 9.72 Å². The second kappa shape index (κ2) is 4.72. The zero-order valence-electron chi connectivity index (χ0n) is 8.23. The molecule has 0 aliphatic carbocycles. The van der Waals surface area contributed by atoms with Crippen molar-refractivity contribution in [3.05, 3.63) is 29.6 Å². The molecule has 0 radical (unpaired) electrons. The van der Waals surface area contributed by atoms with Crippen molar-refractivity contribution in [2.75, 3.05) is 7.11 Å². The molecule has 0 aromatic carbocycles. The molecule has 1 unspecified atom stereocenters. The van der Waals surface area contributed by atoms with E-state index < -0.39 is 12.1 Å². The molecule has 76 valence electrons. The highest BCUT2D eigenvalue weighted by Crippen LogP contribution is 2.14. The van der Waals surface area contributed by atoms with Gasteiger partial charge in [0.05, 0.1) is 24.5 Å². The van der Waals surface area contributed by atoms with Gasteiger partial charge in [0.2, 0.25) is 0 Å². The highest BCUT2D eigenvalue weighted by Gasteiger charge is 2.10. The third-order valence-electron chi connectivity index (χ3n) is 1.93. The third-order valence-corrected chi connectivity index (χ3v) is 1.93. The van der Waals surface area contributed by atoms with Gasteiger partial charge in [0.15, 0.2) is 0 Å². The summed E-state index contributed by atoms with van der Waals surface area (Å²) >= 11 is 0. The molecule has 14 heavy (non-hydrogen) atoms. The van der Waals surface area contributed by atoms with E-state index in [0.717, 1.165) is 0 Å². The van der Waals surface area contributed by atoms with Gasteiger partial charge in [0.25, 0.3) is 0 Å². The number of ether oxygens (including phenoxy) is 1. The zero-order valence-corrected chi connectivity index (χ0v) is 8.23. The monoisotopic (exact) mass is 195 g/mol. The maximum absolute atomic E-state index is 11.1. The van der Waals surface area contributed by atoms with Crippen LogP contribution in [-0.4, -0.2) is 23.2 Å². The van der Waals surface area contributed by atoms with E-state index in [-0.39, 0.29) is 0 Å². The molecule has 1 heterocycles. The smallest absolute Gasteiger partial charge is 0.337 e. The molecule has 0 saturated carbocycles. The van der Waals surface area contributed by atoms with Crippen LogP contribution >= 0.6 is 0 Å². The predicted octanol–water partition coefficient (Wildman–Crippen LogP) is 1.31. The van der Waals surface area contributed by atoms with Crippen molar-refractivity contribution in [3.63, 3.8) is 0 Å². The highest BCUT2D eigenvalue weighted by atomic mass is 16.5. The average Bonchev–Trinajstić information content (AvgIpc) is 2.27. The standard InChI is InChI=1S/C10H13NO3/c1-3-9(12)8-6-7(4-5-11-8)10(13)14-2/h4-6,9,12H,3H2,1-2H3. The van der Waals surface area contributed by atoms with E-state index in [0.29, 0.717) is 17.7 Å². The van der Waals surface area contributed by atoms with Gasteiger partial charge in [0, 0.05) is 6.20 Å². The fourth-order valence-corrected chi connectivity index (χ4v) is 1.08. The van der Waals surface area contributed by atoms with E-state index in [1.165, 1.54) is 13.3 Å². The van der Waals surface area contributed by atoms with Gasteiger partial charge in [-0.25, -0.2) is 4.79 Å². The van der Waals surface area contributed by atoms with Crippen LogP contribution in [-0.2, 0) is 4.74 Å². The summed E-state index contributed by atoms with van der Waals surface area (Å²) in [6.45, 7) is 1.84. The fraction of sp³-hybridized carbons (Fsp3) is 0.400. The van der Waals surface area contributed by atoms with Gasteiger partial charge in [-0.3, -0.25) is 4.98 Å². The first-order chi connectivity index (χ1) is 6.69. The summed E-state index contributed by atoms with van der Waals surface area (Å²) < 4.78 is 4.56. The molecule has 1 aromatic rings. The maximum Gasteiger partial charge on any atom is 0.337 e. The summed E-state index contributed by atoms with van der Waals surface area (Å²) in [5.74, 6) is -0.419. The average molecular weight is 195 g/mol. The number of aliphatic hydroxyl groups excluding tert-OH is 1. The molecule has 0 aliphatic heterocycles. The number of hydrogen-bond donors (Lipinski definition) is 1. The molecule has 4 nitrogen and oxygen atoms in total. The van der Waals surface area contributed by atoms with Gasteiger partial charge >= 0.3 is 5.97 Å².